The van der Waals surface area contributed by atoms with Crippen LogP contribution in [0.1, 0.15) is 40.0 Å². The predicted octanol–water partition coefficient (Wildman–Crippen LogP) is 4.08. The van der Waals surface area contributed by atoms with E-state index in [4.69, 9.17) is 9.47 Å². The van der Waals surface area contributed by atoms with Gasteiger partial charge in [-0.25, -0.2) is 0 Å². The van der Waals surface area contributed by atoms with Gasteiger partial charge in [-0.15, -0.1) is 0 Å². The van der Waals surface area contributed by atoms with E-state index in [9.17, 15) is 0 Å². The highest BCUT2D eigenvalue weighted by molar-refractivity contribution is 5.55. The average molecular weight is 251 g/mol. The number of hydrogen-bond donors (Lipinski definition) is 1. The normalized spacial score (nSPS) is 12.0. The third kappa shape index (κ3) is 4.47. The van der Waals surface area contributed by atoms with Crippen molar-refractivity contribution in [3.63, 3.8) is 0 Å². The van der Waals surface area contributed by atoms with Gasteiger partial charge in [0, 0.05) is 17.8 Å². The summed E-state index contributed by atoms with van der Waals surface area (Å²) in [5.74, 6) is 1.58. The van der Waals surface area contributed by atoms with Crippen molar-refractivity contribution in [2.75, 3.05) is 19.0 Å². The molecule has 1 N–H and O–H groups in total. The summed E-state index contributed by atoms with van der Waals surface area (Å²) >= 11 is 0. The summed E-state index contributed by atoms with van der Waals surface area (Å²) in [6, 6.07) is 6.47. The summed E-state index contributed by atoms with van der Waals surface area (Å²) in [4.78, 5) is 0. The van der Waals surface area contributed by atoms with Crippen molar-refractivity contribution in [1.82, 2.24) is 0 Å². The summed E-state index contributed by atoms with van der Waals surface area (Å²) < 4.78 is 10.8. The Kier molecular flexibility index (Phi) is 6.40. The van der Waals surface area contributed by atoms with Crippen LogP contribution in [-0.2, 0) is 0 Å². The van der Waals surface area contributed by atoms with E-state index in [0.717, 1.165) is 17.2 Å². The van der Waals surface area contributed by atoms with Gasteiger partial charge in [0.1, 0.15) is 0 Å². The van der Waals surface area contributed by atoms with Gasteiger partial charge in [0.2, 0.25) is 0 Å². The lowest BCUT2D eigenvalue weighted by Gasteiger charge is -2.16. The van der Waals surface area contributed by atoms with Gasteiger partial charge < -0.3 is 14.8 Å². The number of nitrogens with one attached hydrogen (secondary N) is 1. The summed E-state index contributed by atoms with van der Waals surface area (Å²) in [5.41, 5.74) is 1.08. The fraction of sp³-hybridized carbons (Fsp3) is 0.600. The molecular formula is C15H25NO2. The topological polar surface area (TPSA) is 30.5 Å². The SMILES string of the molecule is CCCCC(C)Nc1ccc(OCC)c(OC)c1. The van der Waals surface area contributed by atoms with Crippen molar-refractivity contribution in [2.24, 2.45) is 0 Å². The van der Waals surface area contributed by atoms with E-state index in [-0.39, 0.29) is 0 Å². The summed E-state index contributed by atoms with van der Waals surface area (Å²) in [6.07, 6.45) is 3.67. The number of hydrogen-bond acceptors (Lipinski definition) is 3. The van der Waals surface area contributed by atoms with Crippen LogP contribution >= 0.6 is 0 Å². The molecule has 0 aromatic heterocycles. The molecular weight excluding hydrogens is 226 g/mol. The first kappa shape index (κ1) is 14.7. The van der Waals surface area contributed by atoms with Gasteiger partial charge in [-0.2, -0.15) is 0 Å². The summed E-state index contributed by atoms with van der Waals surface area (Å²) in [5, 5.41) is 3.49. The largest absolute Gasteiger partial charge is 0.493 e. The molecule has 3 nitrogen and oxygen atoms in total. The standard InChI is InChI=1S/C15H25NO2/c1-5-7-8-12(3)16-13-9-10-14(18-6-2)15(11-13)17-4/h9-12,16H,5-8H2,1-4H3. The number of anilines is 1. The Morgan fingerprint density at radius 3 is 2.61 bits per heavy atom. The molecule has 1 aromatic rings. The Hall–Kier alpha value is -1.38. The number of unbranched alkanes of at least 4 members (excludes halogenated alkanes) is 1. The Morgan fingerprint density at radius 1 is 1.22 bits per heavy atom. The smallest absolute Gasteiger partial charge is 0.162 e. The molecule has 18 heavy (non-hydrogen) atoms. The van der Waals surface area contributed by atoms with Crippen LogP contribution in [0.3, 0.4) is 0 Å². The lowest BCUT2D eigenvalue weighted by atomic mass is 10.1. The lowest BCUT2D eigenvalue weighted by molar-refractivity contribution is 0.311. The molecule has 0 spiro atoms. The van der Waals surface area contributed by atoms with Crippen molar-refractivity contribution in [2.45, 2.75) is 46.1 Å². The Morgan fingerprint density at radius 2 is 2.00 bits per heavy atom. The molecule has 1 aromatic carbocycles. The van der Waals surface area contributed by atoms with Gasteiger partial charge in [0.25, 0.3) is 0 Å². The number of ether oxygens (including phenoxy) is 2. The van der Waals surface area contributed by atoms with E-state index in [1.807, 2.05) is 25.1 Å². The van der Waals surface area contributed by atoms with Crippen LogP contribution in [0.5, 0.6) is 11.5 Å². The van der Waals surface area contributed by atoms with E-state index < -0.39 is 0 Å². The first-order chi connectivity index (χ1) is 8.71. The van der Waals surface area contributed by atoms with E-state index in [0.29, 0.717) is 12.6 Å². The first-order valence-corrected chi connectivity index (χ1v) is 6.78. The maximum atomic E-state index is 5.50. The Bertz CT molecular complexity index is 352. The summed E-state index contributed by atoms with van der Waals surface area (Å²) in [6.45, 7) is 7.04. The van der Waals surface area contributed by atoms with E-state index in [1.54, 1.807) is 7.11 Å². The van der Waals surface area contributed by atoms with Crippen molar-refractivity contribution in [3.8, 4) is 11.5 Å². The van der Waals surface area contributed by atoms with Gasteiger partial charge >= 0.3 is 0 Å². The molecule has 0 saturated heterocycles. The van der Waals surface area contributed by atoms with E-state index in [1.165, 1.54) is 19.3 Å². The molecule has 3 heteroatoms. The summed E-state index contributed by atoms with van der Waals surface area (Å²) in [7, 11) is 1.67. The van der Waals surface area contributed by atoms with Gasteiger partial charge in [-0.05, 0) is 32.4 Å². The molecule has 0 bridgehead atoms. The van der Waals surface area contributed by atoms with Gasteiger partial charge in [-0.1, -0.05) is 19.8 Å². The third-order valence-corrected chi connectivity index (χ3v) is 2.87. The van der Waals surface area contributed by atoms with Crippen LogP contribution in [0, 0.1) is 0 Å². The average Bonchev–Trinajstić information content (AvgIpc) is 2.38. The minimum Gasteiger partial charge on any atom is -0.493 e. The molecule has 0 radical (unpaired) electrons. The van der Waals surface area contributed by atoms with E-state index in [2.05, 4.69) is 19.2 Å². The molecule has 0 heterocycles. The highest BCUT2D eigenvalue weighted by atomic mass is 16.5. The molecule has 0 fully saturated rings. The van der Waals surface area contributed by atoms with Crippen molar-refractivity contribution < 1.29 is 9.47 Å². The second-order valence-electron chi connectivity index (χ2n) is 4.49. The highest BCUT2D eigenvalue weighted by Gasteiger charge is 2.07. The zero-order chi connectivity index (χ0) is 13.4. The number of benzene rings is 1. The lowest BCUT2D eigenvalue weighted by Crippen LogP contribution is -2.14. The molecule has 102 valence electrons. The van der Waals surface area contributed by atoms with Crippen LogP contribution in [0.4, 0.5) is 5.69 Å². The predicted molar refractivity (Wildman–Crippen MR) is 76.8 cm³/mol. The van der Waals surface area contributed by atoms with Crippen molar-refractivity contribution in [1.29, 1.82) is 0 Å². The first-order valence-electron chi connectivity index (χ1n) is 6.78. The Labute approximate surface area is 110 Å². The van der Waals surface area contributed by atoms with Crippen molar-refractivity contribution >= 4 is 5.69 Å². The molecule has 0 aliphatic heterocycles. The molecule has 0 saturated carbocycles. The van der Waals surface area contributed by atoms with Gasteiger partial charge in [0.15, 0.2) is 11.5 Å². The molecule has 1 unspecified atom stereocenters. The molecule has 0 amide bonds. The minimum absolute atomic E-state index is 0.479. The number of methoxy groups -OCH3 is 1. The zero-order valence-electron chi connectivity index (χ0n) is 12.0. The Balaban J connectivity index is 2.66. The van der Waals surface area contributed by atoms with Crippen LogP contribution in [-0.4, -0.2) is 19.8 Å². The zero-order valence-corrected chi connectivity index (χ0v) is 12.0. The van der Waals surface area contributed by atoms with Crippen molar-refractivity contribution in [3.05, 3.63) is 18.2 Å². The molecule has 1 atom stereocenters. The fourth-order valence-electron chi connectivity index (χ4n) is 1.90. The fourth-order valence-corrected chi connectivity index (χ4v) is 1.90. The second-order valence-corrected chi connectivity index (χ2v) is 4.49. The molecule has 1 rings (SSSR count). The minimum atomic E-state index is 0.479. The third-order valence-electron chi connectivity index (χ3n) is 2.87. The monoisotopic (exact) mass is 251 g/mol. The van der Waals surface area contributed by atoms with Gasteiger partial charge in [-0.3, -0.25) is 0 Å². The quantitative estimate of drug-likeness (QED) is 0.755. The number of rotatable bonds is 8. The van der Waals surface area contributed by atoms with Crippen LogP contribution < -0.4 is 14.8 Å². The second kappa shape index (κ2) is 7.85. The van der Waals surface area contributed by atoms with E-state index >= 15 is 0 Å². The van der Waals surface area contributed by atoms with Gasteiger partial charge in [0.05, 0.1) is 13.7 Å². The molecule has 0 aliphatic carbocycles. The molecule has 0 aliphatic rings. The highest BCUT2D eigenvalue weighted by Crippen LogP contribution is 2.30. The maximum Gasteiger partial charge on any atom is 0.162 e. The van der Waals surface area contributed by atoms with Crippen LogP contribution in [0.2, 0.25) is 0 Å². The van der Waals surface area contributed by atoms with Crippen LogP contribution in [0.15, 0.2) is 18.2 Å². The maximum absolute atomic E-state index is 5.50. The van der Waals surface area contributed by atoms with Crippen LogP contribution in [0.25, 0.3) is 0 Å².